The van der Waals surface area contributed by atoms with Gasteiger partial charge in [0.25, 0.3) is 0 Å². The minimum Gasteiger partial charge on any atom is -0.485 e. The zero-order valence-corrected chi connectivity index (χ0v) is 18.3. The average Bonchev–Trinajstić information content (AvgIpc) is 3.04. The molecule has 0 fully saturated rings. The standard InChI is InChI=1S/C24H16BrClO4/c1-14-10-19(29-13-20(27)16-4-6-17(25)7-5-16)12-21-23(14)24(28)22(30-21)11-15-2-8-18(26)9-3-15/h2-12H,13H2,1H3/b22-11-. The van der Waals surface area contributed by atoms with Crippen molar-refractivity contribution in [2.45, 2.75) is 6.92 Å². The highest BCUT2D eigenvalue weighted by Gasteiger charge is 2.30. The van der Waals surface area contributed by atoms with Crippen LogP contribution in [0.5, 0.6) is 11.5 Å². The summed E-state index contributed by atoms with van der Waals surface area (Å²) in [6.45, 7) is 1.70. The molecule has 6 heteroatoms. The fraction of sp³-hybridized carbons (Fsp3) is 0.0833. The normalized spacial score (nSPS) is 13.8. The third-order valence-electron chi connectivity index (χ3n) is 4.65. The van der Waals surface area contributed by atoms with Gasteiger partial charge < -0.3 is 9.47 Å². The third-order valence-corrected chi connectivity index (χ3v) is 5.43. The Morgan fingerprint density at radius 2 is 1.80 bits per heavy atom. The van der Waals surface area contributed by atoms with E-state index in [1.807, 2.05) is 19.1 Å². The van der Waals surface area contributed by atoms with Crippen LogP contribution in [0, 0.1) is 6.92 Å². The Labute approximate surface area is 187 Å². The molecule has 0 atom stereocenters. The number of ether oxygens (including phenoxy) is 2. The first kappa shape index (κ1) is 20.4. The van der Waals surface area contributed by atoms with Crippen molar-refractivity contribution in [2.75, 3.05) is 6.61 Å². The molecule has 0 radical (unpaired) electrons. The summed E-state index contributed by atoms with van der Waals surface area (Å²) in [5.74, 6) is 0.804. The molecule has 3 aromatic carbocycles. The Bertz CT molecular complexity index is 1170. The summed E-state index contributed by atoms with van der Waals surface area (Å²) < 4.78 is 12.4. The number of aryl methyl sites for hydroxylation is 1. The van der Waals surface area contributed by atoms with E-state index < -0.39 is 0 Å². The SMILES string of the molecule is Cc1cc(OCC(=O)c2ccc(Br)cc2)cc2c1C(=O)/C(=C/c1ccc(Cl)cc1)O2. The highest BCUT2D eigenvalue weighted by Crippen LogP contribution is 2.37. The molecule has 4 rings (SSSR count). The molecule has 0 aliphatic carbocycles. The zero-order chi connectivity index (χ0) is 21.3. The molecule has 0 bridgehead atoms. The molecule has 0 aromatic heterocycles. The summed E-state index contributed by atoms with van der Waals surface area (Å²) in [5, 5.41) is 0.620. The number of hydrogen-bond donors (Lipinski definition) is 0. The van der Waals surface area contributed by atoms with Crippen LogP contribution >= 0.6 is 27.5 Å². The van der Waals surface area contributed by atoms with Gasteiger partial charge in [-0.3, -0.25) is 9.59 Å². The van der Waals surface area contributed by atoms with Gasteiger partial charge in [0.1, 0.15) is 11.5 Å². The van der Waals surface area contributed by atoms with Gasteiger partial charge in [0.2, 0.25) is 5.78 Å². The number of hydrogen-bond acceptors (Lipinski definition) is 4. The summed E-state index contributed by atoms with van der Waals surface area (Å²) in [6, 6.07) is 17.6. The van der Waals surface area contributed by atoms with E-state index in [1.165, 1.54) is 0 Å². The van der Waals surface area contributed by atoms with Crippen molar-refractivity contribution in [1.82, 2.24) is 0 Å². The predicted molar refractivity (Wildman–Crippen MR) is 120 cm³/mol. The van der Waals surface area contributed by atoms with Crippen LogP contribution in [0.15, 0.2) is 70.9 Å². The second-order valence-corrected chi connectivity index (χ2v) is 8.18. The van der Waals surface area contributed by atoms with E-state index in [9.17, 15) is 9.59 Å². The monoisotopic (exact) mass is 482 g/mol. The number of halogens is 2. The maximum Gasteiger partial charge on any atom is 0.232 e. The molecule has 3 aromatic rings. The number of ketones is 2. The fourth-order valence-electron chi connectivity index (χ4n) is 3.14. The van der Waals surface area contributed by atoms with Gasteiger partial charge in [-0.15, -0.1) is 0 Å². The van der Waals surface area contributed by atoms with E-state index in [2.05, 4.69) is 15.9 Å². The summed E-state index contributed by atoms with van der Waals surface area (Å²) in [6.07, 6.45) is 1.68. The Kier molecular flexibility index (Phi) is 5.75. The van der Waals surface area contributed by atoms with Crippen molar-refractivity contribution in [2.24, 2.45) is 0 Å². The van der Waals surface area contributed by atoms with Crippen molar-refractivity contribution in [3.63, 3.8) is 0 Å². The predicted octanol–water partition coefficient (Wildman–Crippen LogP) is 6.29. The molecule has 30 heavy (non-hydrogen) atoms. The van der Waals surface area contributed by atoms with E-state index >= 15 is 0 Å². The van der Waals surface area contributed by atoms with E-state index in [1.54, 1.807) is 54.6 Å². The Morgan fingerprint density at radius 3 is 2.50 bits per heavy atom. The summed E-state index contributed by atoms with van der Waals surface area (Å²) in [7, 11) is 0. The van der Waals surface area contributed by atoms with Gasteiger partial charge in [0.15, 0.2) is 18.1 Å². The molecule has 4 nitrogen and oxygen atoms in total. The van der Waals surface area contributed by atoms with Crippen molar-refractivity contribution < 1.29 is 19.1 Å². The van der Waals surface area contributed by atoms with Gasteiger partial charge in [-0.1, -0.05) is 51.8 Å². The number of fused-ring (bicyclic) bond motifs is 1. The molecule has 1 aliphatic heterocycles. The molecule has 0 N–H and O–H groups in total. The largest absolute Gasteiger partial charge is 0.485 e. The first-order valence-electron chi connectivity index (χ1n) is 9.17. The van der Waals surface area contributed by atoms with E-state index in [4.69, 9.17) is 21.1 Å². The van der Waals surface area contributed by atoms with Crippen molar-refractivity contribution in [3.05, 3.63) is 98.2 Å². The number of rotatable bonds is 5. The van der Waals surface area contributed by atoms with Crippen LogP contribution in [0.1, 0.15) is 31.8 Å². The number of carbonyl (C=O) groups is 2. The first-order chi connectivity index (χ1) is 14.4. The minimum atomic E-state index is -0.185. The van der Waals surface area contributed by atoms with Crippen molar-refractivity contribution in [1.29, 1.82) is 0 Å². The van der Waals surface area contributed by atoms with Gasteiger partial charge >= 0.3 is 0 Å². The van der Waals surface area contributed by atoms with Crippen LogP contribution < -0.4 is 9.47 Å². The quantitative estimate of drug-likeness (QED) is 0.316. The van der Waals surface area contributed by atoms with Crippen LogP contribution in [-0.4, -0.2) is 18.2 Å². The molecule has 150 valence electrons. The molecule has 0 saturated heterocycles. The molecular weight excluding hydrogens is 468 g/mol. The highest BCUT2D eigenvalue weighted by atomic mass is 79.9. The van der Waals surface area contributed by atoms with Gasteiger partial charge in [-0.05, 0) is 54.5 Å². The Morgan fingerprint density at radius 1 is 1.10 bits per heavy atom. The lowest BCUT2D eigenvalue weighted by Gasteiger charge is -2.09. The first-order valence-corrected chi connectivity index (χ1v) is 10.3. The Balaban J connectivity index is 1.51. The minimum absolute atomic E-state index is 0.110. The number of benzene rings is 3. The molecule has 1 heterocycles. The molecule has 0 spiro atoms. The molecular formula is C24H16BrClO4. The second-order valence-electron chi connectivity index (χ2n) is 6.82. The van der Waals surface area contributed by atoms with Gasteiger partial charge in [-0.2, -0.15) is 0 Å². The molecule has 0 unspecified atom stereocenters. The summed E-state index contributed by atoms with van der Waals surface area (Å²) >= 11 is 9.25. The topological polar surface area (TPSA) is 52.6 Å². The summed E-state index contributed by atoms with van der Waals surface area (Å²) in [5.41, 5.74) is 2.60. The lowest BCUT2D eigenvalue weighted by molar-refractivity contribution is 0.0920. The van der Waals surface area contributed by atoms with Crippen LogP contribution in [0.4, 0.5) is 0 Å². The van der Waals surface area contributed by atoms with Crippen LogP contribution in [0.25, 0.3) is 6.08 Å². The maximum atomic E-state index is 12.8. The molecule has 0 saturated carbocycles. The highest BCUT2D eigenvalue weighted by molar-refractivity contribution is 9.10. The van der Waals surface area contributed by atoms with Crippen molar-refractivity contribution >= 4 is 45.2 Å². The number of carbonyl (C=O) groups excluding carboxylic acids is 2. The fourth-order valence-corrected chi connectivity index (χ4v) is 3.53. The van der Waals surface area contributed by atoms with Gasteiger partial charge in [-0.25, -0.2) is 0 Å². The summed E-state index contributed by atoms with van der Waals surface area (Å²) in [4.78, 5) is 25.1. The zero-order valence-electron chi connectivity index (χ0n) is 15.9. The lowest BCUT2D eigenvalue weighted by atomic mass is 10.0. The van der Waals surface area contributed by atoms with E-state index in [0.717, 1.165) is 15.6 Å². The van der Waals surface area contributed by atoms with Gasteiger partial charge in [0.05, 0.1) is 5.56 Å². The number of Topliss-reactive ketones (excluding diaryl/α,β-unsaturated/α-hetero) is 2. The number of allylic oxidation sites excluding steroid dienone is 1. The van der Waals surface area contributed by atoms with Crippen molar-refractivity contribution in [3.8, 4) is 11.5 Å². The van der Waals surface area contributed by atoms with E-state index in [0.29, 0.717) is 27.6 Å². The lowest BCUT2D eigenvalue weighted by Crippen LogP contribution is -2.11. The van der Waals surface area contributed by atoms with E-state index in [-0.39, 0.29) is 23.9 Å². The smallest absolute Gasteiger partial charge is 0.232 e. The second kappa shape index (κ2) is 8.46. The molecule has 0 amide bonds. The van der Waals surface area contributed by atoms with Crippen LogP contribution in [0.3, 0.4) is 0 Å². The maximum absolute atomic E-state index is 12.8. The molecule has 1 aliphatic rings. The Hall–Kier alpha value is -2.89. The van der Waals surface area contributed by atoms with Crippen LogP contribution in [-0.2, 0) is 0 Å². The van der Waals surface area contributed by atoms with Crippen LogP contribution in [0.2, 0.25) is 5.02 Å². The average molecular weight is 484 g/mol. The third kappa shape index (κ3) is 4.32. The van der Waals surface area contributed by atoms with Gasteiger partial charge in [0, 0.05) is 21.1 Å².